The second kappa shape index (κ2) is 12.0. The molecular formula is C26H34N6O2S2. The van der Waals surface area contributed by atoms with Crippen LogP contribution in [0.25, 0.3) is 0 Å². The number of benzene rings is 1. The summed E-state index contributed by atoms with van der Waals surface area (Å²) in [6, 6.07) is 8.11. The quantitative estimate of drug-likeness (QED) is 0.257. The molecule has 1 aliphatic carbocycles. The number of amides is 1. The number of nitrogens with one attached hydrogen (secondary N) is 1. The second-order valence-electron chi connectivity index (χ2n) is 9.98. The van der Waals surface area contributed by atoms with Crippen LogP contribution in [0.15, 0.2) is 42.1 Å². The fourth-order valence-electron chi connectivity index (χ4n) is 4.13. The lowest BCUT2D eigenvalue weighted by Crippen LogP contribution is -2.15. The molecular weight excluding hydrogens is 492 g/mol. The maximum atomic E-state index is 12.6. The van der Waals surface area contributed by atoms with Crippen molar-refractivity contribution in [2.45, 2.75) is 82.5 Å². The van der Waals surface area contributed by atoms with Gasteiger partial charge in [0.05, 0.1) is 5.75 Å². The summed E-state index contributed by atoms with van der Waals surface area (Å²) in [5.74, 6) is 1.98. The molecule has 8 nitrogen and oxygen atoms in total. The van der Waals surface area contributed by atoms with E-state index in [-0.39, 0.29) is 23.7 Å². The summed E-state index contributed by atoms with van der Waals surface area (Å²) < 4.78 is 7.87. The number of carbonyl (C=O) groups excluding carboxylic acids is 1. The van der Waals surface area contributed by atoms with Crippen LogP contribution in [0.5, 0.6) is 5.75 Å². The highest BCUT2D eigenvalue weighted by Gasteiger charge is 2.21. The maximum absolute atomic E-state index is 12.6. The van der Waals surface area contributed by atoms with Gasteiger partial charge in [-0.05, 0) is 36.0 Å². The number of ether oxygens (including phenoxy) is 1. The largest absolute Gasteiger partial charge is 0.486 e. The molecule has 1 saturated carbocycles. The molecule has 0 spiro atoms. The molecule has 10 heteroatoms. The topological polar surface area (TPSA) is 94.8 Å². The number of carbonyl (C=O) groups is 1. The van der Waals surface area contributed by atoms with Crippen molar-refractivity contribution < 1.29 is 9.53 Å². The van der Waals surface area contributed by atoms with Gasteiger partial charge in [0.2, 0.25) is 11.0 Å². The van der Waals surface area contributed by atoms with Crippen molar-refractivity contribution in [3.63, 3.8) is 0 Å². The van der Waals surface area contributed by atoms with Gasteiger partial charge in [-0.3, -0.25) is 14.7 Å². The maximum Gasteiger partial charge on any atom is 0.236 e. The summed E-state index contributed by atoms with van der Waals surface area (Å²) in [6.45, 7) is 11.2. The summed E-state index contributed by atoms with van der Waals surface area (Å²) in [6.07, 6.45) is 7.88. The fourth-order valence-corrected chi connectivity index (χ4v) is 5.82. The van der Waals surface area contributed by atoms with Crippen LogP contribution < -0.4 is 10.1 Å². The summed E-state index contributed by atoms with van der Waals surface area (Å²) in [4.78, 5) is 12.6. The number of hydrogen-bond acceptors (Lipinski definition) is 8. The van der Waals surface area contributed by atoms with Crippen LogP contribution in [0.4, 0.5) is 5.13 Å². The predicted molar refractivity (Wildman–Crippen MR) is 145 cm³/mol. The van der Waals surface area contributed by atoms with Gasteiger partial charge in [-0.1, -0.05) is 81.3 Å². The van der Waals surface area contributed by atoms with E-state index in [1.807, 2.05) is 16.7 Å². The van der Waals surface area contributed by atoms with E-state index in [2.05, 4.69) is 65.2 Å². The molecule has 1 N–H and O–H groups in total. The molecule has 0 unspecified atom stereocenters. The van der Waals surface area contributed by atoms with Gasteiger partial charge in [-0.15, -0.1) is 27.0 Å². The number of hydrogen-bond donors (Lipinski definition) is 1. The van der Waals surface area contributed by atoms with Crippen molar-refractivity contribution in [3.8, 4) is 5.75 Å². The van der Waals surface area contributed by atoms with Gasteiger partial charge in [0.25, 0.3) is 0 Å². The monoisotopic (exact) mass is 526 g/mol. The number of rotatable bonds is 10. The van der Waals surface area contributed by atoms with E-state index in [9.17, 15) is 4.79 Å². The van der Waals surface area contributed by atoms with Crippen molar-refractivity contribution in [1.82, 2.24) is 25.0 Å². The lowest BCUT2D eigenvalue weighted by atomic mass is 9.87. The highest BCUT2D eigenvalue weighted by atomic mass is 32.2. The van der Waals surface area contributed by atoms with Gasteiger partial charge >= 0.3 is 0 Å². The van der Waals surface area contributed by atoms with Crippen molar-refractivity contribution in [1.29, 1.82) is 0 Å². The van der Waals surface area contributed by atoms with Crippen LogP contribution in [-0.4, -0.2) is 36.6 Å². The Bertz CT molecular complexity index is 1160. The smallest absolute Gasteiger partial charge is 0.236 e. The van der Waals surface area contributed by atoms with Crippen LogP contribution in [0.1, 0.15) is 75.2 Å². The number of nitrogens with zero attached hydrogens (tertiary/aromatic N) is 5. The zero-order valence-electron chi connectivity index (χ0n) is 21.2. The van der Waals surface area contributed by atoms with Gasteiger partial charge < -0.3 is 4.74 Å². The van der Waals surface area contributed by atoms with Crippen LogP contribution in [0, 0.1) is 0 Å². The van der Waals surface area contributed by atoms with E-state index in [1.54, 1.807) is 6.08 Å². The van der Waals surface area contributed by atoms with E-state index in [4.69, 9.17) is 4.74 Å². The molecule has 36 heavy (non-hydrogen) atoms. The Kier molecular flexibility index (Phi) is 8.79. The lowest BCUT2D eigenvalue weighted by Gasteiger charge is -2.19. The number of thioether (sulfide) groups is 1. The van der Waals surface area contributed by atoms with Crippen LogP contribution in [0.2, 0.25) is 0 Å². The minimum absolute atomic E-state index is 0.0921. The Morgan fingerprint density at radius 2 is 1.92 bits per heavy atom. The van der Waals surface area contributed by atoms with Gasteiger partial charge in [0.15, 0.2) is 11.0 Å². The van der Waals surface area contributed by atoms with Gasteiger partial charge in [0.1, 0.15) is 17.4 Å². The first-order chi connectivity index (χ1) is 17.3. The molecule has 0 bridgehead atoms. The minimum atomic E-state index is -0.142. The number of aromatic nitrogens is 5. The normalized spacial score (nSPS) is 14.5. The zero-order chi connectivity index (χ0) is 25.5. The second-order valence-corrected chi connectivity index (χ2v) is 11.9. The molecule has 0 aliphatic heterocycles. The SMILES string of the molecule is C=CCn1c(COc2ccc(C(C)(C)C)cc2)nnc1SCC(=O)Nc1nnc(C2CCCCC2)s1. The molecule has 0 atom stereocenters. The minimum Gasteiger partial charge on any atom is -0.486 e. The number of allylic oxidation sites excluding steroid dienone is 1. The summed E-state index contributed by atoms with van der Waals surface area (Å²) >= 11 is 2.81. The van der Waals surface area contributed by atoms with Gasteiger partial charge in [-0.25, -0.2) is 0 Å². The Morgan fingerprint density at radius 1 is 1.17 bits per heavy atom. The average Bonchev–Trinajstić information content (AvgIpc) is 3.49. The third-order valence-corrected chi connectivity index (χ3v) is 8.14. The van der Waals surface area contributed by atoms with Crippen molar-refractivity contribution in [2.75, 3.05) is 11.1 Å². The summed E-state index contributed by atoms with van der Waals surface area (Å²) in [5, 5.41) is 22.2. The molecule has 0 saturated heterocycles. The van der Waals surface area contributed by atoms with E-state index in [1.165, 1.54) is 47.9 Å². The first kappa shape index (κ1) is 26.3. The van der Waals surface area contributed by atoms with Crippen molar-refractivity contribution in [2.24, 2.45) is 0 Å². The molecule has 1 fully saturated rings. The highest BCUT2D eigenvalue weighted by Crippen LogP contribution is 2.35. The van der Waals surface area contributed by atoms with Crippen LogP contribution in [-0.2, 0) is 23.4 Å². The lowest BCUT2D eigenvalue weighted by molar-refractivity contribution is -0.113. The standard InChI is InChI=1S/C26H34N6O2S2/c1-5-15-32-21(16-34-20-13-11-19(12-14-20)26(2,3)4)28-31-25(32)35-17-22(33)27-24-30-29-23(36-24)18-9-7-6-8-10-18/h5,11-14,18H,1,6-10,15-17H2,2-4H3,(H,27,30,33). The molecule has 0 radical (unpaired) electrons. The van der Waals surface area contributed by atoms with Crippen LogP contribution in [0.3, 0.4) is 0 Å². The fraction of sp³-hybridized carbons (Fsp3) is 0.500. The molecule has 2 heterocycles. The highest BCUT2D eigenvalue weighted by molar-refractivity contribution is 7.99. The molecule has 1 aromatic carbocycles. The average molecular weight is 527 g/mol. The molecule has 3 aromatic rings. The van der Waals surface area contributed by atoms with Crippen LogP contribution >= 0.6 is 23.1 Å². The van der Waals surface area contributed by atoms with E-state index in [0.29, 0.717) is 28.6 Å². The number of anilines is 1. The van der Waals surface area contributed by atoms with Crippen molar-refractivity contribution >= 4 is 34.1 Å². The first-order valence-corrected chi connectivity index (χ1v) is 14.2. The molecule has 1 aliphatic rings. The Hall–Kier alpha value is -2.72. The molecule has 192 valence electrons. The van der Waals surface area contributed by atoms with Gasteiger partial charge in [-0.2, -0.15) is 0 Å². The Balaban J connectivity index is 1.31. The predicted octanol–water partition coefficient (Wildman–Crippen LogP) is 5.97. The third kappa shape index (κ3) is 6.94. The Morgan fingerprint density at radius 3 is 2.61 bits per heavy atom. The van der Waals surface area contributed by atoms with Gasteiger partial charge in [0, 0.05) is 12.5 Å². The summed E-state index contributed by atoms with van der Waals surface area (Å²) in [5.41, 5.74) is 1.34. The van der Waals surface area contributed by atoms with E-state index >= 15 is 0 Å². The third-order valence-electron chi connectivity index (χ3n) is 6.17. The molecule has 2 aromatic heterocycles. The first-order valence-electron chi connectivity index (χ1n) is 12.4. The molecule has 1 amide bonds. The Labute approximate surface area is 221 Å². The summed E-state index contributed by atoms with van der Waals surface area (Å²) in [7, 11) is 0. The zero-order valence-corrected chi connectivity index (χ0v) is 22.8. The van der Waals surface area contributed by atoms with E-state index in [0.717, 1.165) is 23.6 Å². The molecule has 4 rings (SSSR count). The van der Waals surface area contributed by atoms with E-state index < -0.39 is 0 Å². The van der Waals surface area contributed by atoms with Crippen molar-refractivity contribution in [3.05, 3.63) is 53.3 Å².